The van der Waals surface area contributed by atoms with Crippen LogP contribution in [0.4, 0.5) is 0 Å². The first-order valence-electron chi connectivity index (χ1n) is 7.61. The van der Waals surface area contributed by atoms with Crippen LogP contribution in [-0.2, 0) is 9.59 Å². The highest BCUT2D eigenvalue weighted by molar-refractivity contribution is 7.99. The lowest BCUT2D eigenvalue weighted by Crippen LogP contribution is -2.46. The van der Waals surface area contributed by atoms with E-state index >= 15 is 0 Å². The van der Waals surface area contributed by atoms with E-state index in [1.807, 2.05) is 16.7 Å². The molecule has 2 fully saturated rings. The van der Waals surface area contributed by atoms with E-state index in [-0.39, 0.29) is 23.8 Å². The molecule has 20 heavy (non-hydrogen) atoms. The van der Waals surface area contributed by atoms with E-state index in [2.05, 4.69) is 6.92 Å². The minimum Gasteiger partial charge on any atom is -0.481 e. The zero-order valence-electron chi connectivity index (χ0n) is 12.3. The Morgan fingerprint density at radius 2 is 1.95 bits per heavy atom. The summed E-state index contributed by atoms with van der Waals surface area (Å²) in [6, 6.07) is 0.284. The highest BCUT2D eigenvalue weighted by atomic mass is 32.2. The van der Waals surface area contributed by atoms with Crippen molar-refractivity contribution < 1.29 is 14.7 Å². The molecule has 114 valence electrons. The van der Waals surface area contributed by atoms with Gasteiger partial charge in [0.1, 0.15) is 0 Å². The van der Waals surface area contributed by atoms with Crippen LogP contribution in [0.3, 0.4) is 0 Å². The lowest BCUT2D eigenvalue weighted by molar-refractivity contribution is -0.143. The van der Waals surface area contributed by atoms with E-state index in [1.54, 1.807) is 0 Å². The van der Waals surface area contributed by atoms with Crippen LogP contribution in [0.25, 0.3) is 0 Å². The maximum Gasteiger partial charge on any atom is 0.303 e. The average Bonchev–Trinajstić information content (AvgIpc) is 2.39. The summed E-state index contributed by atoms with van der Waals surface area (Å²) < 4.78 is 0. The molecule has 1 N–H and O–H groups in total. The Balaban J connectivity index is 2.02. The molecule has 1 aliphatic heterocycles. The van der Waals surface area contributed by atoms with Gasteiger partial charge in [0.05, 0.1) is 6.42 Å². The number of carbonyl (C=O) groups is 2. The number of rotatable bonds is 4. The summed E-state index contributed by atoms with van der Waals surface area (Å²) in [4.78, 5) is 25.7. The van der Waals surface area contributed by atoms with Gasteiger partial charge in [0, 0.05) is 30.5 Å². The second-order valence-electron chi connectivity index (χ2n) is 6.32. The Morgan fingerprint density at radius 3 is 2.55 bits per heavy atom. The zero-order valence-corrected chi connectivity index (χ0v) is 13.1. The lowest BCUT2D eigenvalue weighted by Gasteiger charge is -2.39. The fourth-order valence-electron chi connectivity index (χ4n) is 3.56. The number of carboxylic acid groups (broad SMARTS) is 1. The van der Waals surface area contributed by atoms with E-state index in [1.165, 1.54) is 6.42 Å². The van der Waals surface area contributed by atoms with Crippen molar-refractivity contribution in [3.05, 3.63) is 0 Å². The van der Waals surface area contributed by atoms with Crippen molar-refractivity contribution in [3.63, 3.8) is 0 Å². The van der Waals surface area contributed by atoms with Gasteiger partial charge in [-0.05, 0) is 25.2 Å². The van der Waals surface area contributed by atoms with Crippen molar-refractivity contribution in [2.75, 3.05) is 18.1 Å². The maximum atomic E-state index is 12.6. The van der Waals surface area contributed by atoms with E-state index in [0.717, 1.165) is 43.7 Å². The molecule has 0 aromatic rings. The summed E-state index contributed by atoms with van der Waals surface area (Å²) in [7, 11) is 0. The van der Waals surface area contributed by atoms with Gasteiger partial charge >= 0.3 is 5.97 Å². The van der Waals surface area contributed by atoms with Crippen LogP contribution < -0.4 is 0 Å². The molecule has 0 aromatic carbocycles. The summed E-state index contributed by atoms with van der Waals surface area (Å²) in [6.45, 7) is 2.91. The third-order valence-corrected chi connectivity index (χ3v) is 5.84. The fourth-order valence-corrected chi connectivity index (χ4v) is 4.57. The molecule has 0 aromatic heterocycles. The van der Waals surface area contributed by atoms with Crippen molar-refractivity contribution in [2.45, 2.75) is 57.9 Å². The summed E-state index contributed by atoms with van der Waals surface area (Å²) in [5, 5.41) is 9.18. The standard InChI is InChI=1S/C15H25NO3S/c1-12-11-20-8-7-16(12)13(17)9-15(10-14(18)19)5-3-2-4-6-15/h12H,2-11H2,1H3,(H,18,19). The highest BCUT2D eigenvalue weighted by Crippen LogP contribution is 2.43. The molecule has 1 amide bonds. The molecule has 0 bridgehead atoms. The first-order valence-corrected chi connectivity index (χ1v) is 8.77. The number of thioether (sulfide) groups is 1. The third-order valence-electron chi connectivity index (χ3n) is 4.65. The number of hydrogen-bond donors (Lipinski definition) is 1. The minimum absolute atomic E-state index is 0.149. The van der Waals surface area contributed by atoms with Crippen molar-refractivity contribution >= 4 is 23.6 Å². The van der Waals surface area contributed by atoms with E-state index < -0.39 is 5.97 Å². The van der Waals surface area contributed by atoms with Gasteiger partial charge in [-0.2, -0.15) is 11.8 Å². The predicted molar refractivity (Wildman–Crippen MR) is 80.9 cm³/mol. The van der Waals surface area contributed by atoms with Gasteiger partial charge in [-0.25, -0.2) is 0 Å². The van der Waals surface area contributed by atoms with Crippen LogP contribution in [0.5, 0.6) is 0 Å². The van der Waals surface area contributed by atoms with Crippen molar-refractivity contribution in [2.24, 2.45) is 5.41 Å². The average molecular weight is 299 g/mol. The van der Waals surface area contributed by atoms with E-state index in [4.69, 9.17) is 0 Å². The molecule has 1 saturated heterocycles. The largest absolute Gasteiger partial charge is 0.481 e. The van der Waals surface area contributed by atoms with E-state index in [9.17, 15) is 14.7 Å². The number of amides is 1. The van der Waals surface area contributed by atoms with Crippen molar-refractivity contribution in [1.82, 2.24) is 4.90 Å². The fraction of sp³-hybridized carbons (Fsp3) is 0.867. The first kappa shape index (κ1) is 15.7. The molecule has 1 heterocycles. The number of nitrogens with zero attached hydrogens (tertiary/aromatic N) is 1. The highest BCUT2D eigenvalue weighted by Gasteiger charge is 2.38. The van der Waals surface area contributed by atoms with Crippen LogP contribution in [0.1, 0.15) is 51.9 Å². The summed E-state index contributed by atoms with van der Waals surface area (Å²) in [5.74, 6) is 1.41. The van der Waals surface area contributed by atoms with Gasteiger partial charge in [0.15, 0.2) is 0 Å². The van der Waals surface area contributed by atoms with Gasteiger partial charge in [-0.3, -0.25) is 9.59 Å². The molecule has 1 atom stereocenters. The molecular weight excluding hydrogens is 274 g/mol. The first-order chi connectivity index (χ1) is 9.52. The van der Waals surface area contributed by atoms with Crippen LogP contribution in [0, 0.1) is 5.41 Å². The van der Waals surface area contributed by atoms with Gasteiger partial charge in [-0.1, -0.05) is 19.3 Å². The lowest BCUT2D eigenvalue weighted by atomic mass is 9.69. The maximum absolute atomic E-state index is 12.6. The second kappa shape index (κ2) is 6.83. The predicted octanol–water partition coefficient (Wildman–Crippen LogP) is 2.77. The molecule has 0 spiro atoms. The molecule has 2 aliphatic rings. The quantitative estimate of drug-likeness (QED) is 0.867. The molecule has 1 aliphatic carbocycles. The summed E-state index contributed by atoms with van der Waals surface area (Å²) >= 11 is 1.89. The van der Waals surface area contributed by atoms with Crippen LogP contribution >= 0.6 is 11.8 Å². The summed E-state index contributed by atoms with van der Waals surface area (Å²) in [5.41, 5.74) is -0.286. The van der Waals surface area contributed by atoms with Crippen LogP contribution in [0.15, 0.2) is 0 Å². The van der Waals surface area contributed by atoms with Gasteiger partial charge in [0.2, 0.25) is 5.91 Å². The second-order valence-corrected chi connectivity index (χ2v) is 7.47. The Kier molecular flexibility index (Phi) is 5.35. The monoisotopic (exact) mass is 299 g/mol. The van der Waals surface area contributed by atoms with Crippen molar-refractivity contribution in [3.8, 4) is 0 Å². The molecular formula is C15H25NO3S. The molecule has 1 saturated carbocycles. The SMILES string of the molecule is CC1CSCCN1C(=O)CC1(CC(=O)O)CCCCC1. The Morgan fingerprint density at radius 1 is 1.25 bits per heavy atom. The molecule has 5 heteroatoms. The van der Waals surface area contributed by atoms with Crippen LogP contribution in [0.2, 0.25) is 0 Å². The Hall–Kier alpha value is -0.710. The molecule has 4 nitrogen and oxygen atoms in total. The van der Waals surface area contributed by atoms with E-state index in [0.29, 0.717) is 6.42 Å². The number of carbonyl (C=O) groups excluding carboxylic acids is 1. The normalized spacial score (nSPS) is 26.2. The third kappa shape index (κ3) is 3.90. The Labute approximate surface area is 125 Å². The smallest absolute Gasteiger partial charge is 0.303 e. The molecule has 1 unspecified atom stereocenters. The topological polar surface area (TPSA) is 57.6 Å². The number of aliphatic carboxylic acids is 1. The van der Waals surface area contributed by atoms with Crippen molar-refractivity contribution in [1.29, 1.82) is 0 Å². The number of carboxylic acids is 1. The minimum atomic E-state index is -0.762. The van der Waals surface area contributed by atoms with Gasteiger partial charge in [-0.15, -0.1) is 0 Å². The summed E-state index contributed by atoms with van der Waals surface area (Å²) in [6.07, 6.45) is 5.65. The zero-order chi connectivity index (χ0) is 14.6. The Bertz CT molecular complexity index is 366. The van der Waals surface area contributed by atoms with Crippen LogP contribution in [-0.4, -0.2) is 46.0 Å². The molecule has 2 rings (SSSR count). The number of hydrogen-bond acceptors (Lipinski definition) is 3. The van der Waals surface area contributed by atoms with Gasteiger partial charge in [0.25, 0.3) is 0 Å². The van der Waals surface area contributed by atoms with Gasteiger partial charge < -0.3 is 10.0 Å². The molecule has 0 radical (unpaired) electrons.